The molecule has 1 spiro atoms. The first kappa shape index (κ1) is 55.5. The van der Waals surface area contributed by atoms with Gasteiger partial charge in [0.1, 0.15) is 0 Å². The molecule has 15 aromatic rings. The molecule has 0 radical (unpaired) electrons. The van der Waals surface area contributed by atoms with E-state index in [2.05, 4.69) is 373 Å². The number of para-hydroxylation sites is 5. The molecule has 3 aliphatic carbocycles. The van der Waals surface area contributed by atoms with E-state index in [-0.39, 0.29) is 11.5 Å². The molecular formula is C93H66N4. The van der Waals surface area contributed by atoms with E-state index in [4.69, 9.17) is 0 Å². The van der Waals surface area contributed by atoms with Crippen molar-refractivity contribution in [2.45, 2.75) is 37.1 Å². The SMILES string of the molecule is C[C@@H]1C=CC2=C(C1)N(c1cccc(-n3c4ccccc4c4ccccc43)c1)c1ccccc1C21c2ccccc2-c2cc(-c3cccc(-c4ccc(-n5c6ccccc6c6c(C7=CC=CC8(C)C7c7ccccc7N8c7cccc(-c8ccccc8)c7)cccc65)cc4)c3)ccc21. The second kappa shape index (κ2) is 21.3. The molecule has 97 heavy (non-hydrogen) atoms. The van der Waals surface area contributed by atoms with Gasteiger partial charge in [-0.15, -0.1) is 0 Å². The molecule has 4 heteroatoms. The minimum Gasteiger partial charge on any atom is -0.331 e. The van der Waals surface area contributed by atoms with Gasteiger partial charge in [0.2, 0.25) is 0 Å². The Morgan fingerprint density at radius 3 is 1.73 bits per heavy atom. The lowest BCUT2D eigenvalue weighted by Gasteiger charge is -2.47. The number of benzene rings is 13. The van der Waals surface area contributed by atoms with Crippen molar-refractivity contribution in [3.05, 3.63) is 379 Å². The molecular weight excluding hydrogens is 1170 g/mol. The van der Waals surface area contributed by atoms with Crippen molar-refractivity contribution in [3.8, 4) is 55.9 Å². The monoisotopic (exact) mass is 1240 g/mol. The summed E-state index contributed by atoms with van der Waals surface area (Å²) in [6.07, 6.45) is 13.0. The van der Waals surface area contributed by atoms with E-state index < -0.39 is 5.41 Å². The first-order valence-electron chi connectivity index (χ1n) is 34.2. The predicted octanol–water partition coefficient (Wildman–Crippen LogP) is 23.8. The van der Waals surface area contributed by atoms with Crippen LogP contribution in [0.2, 0.25) is 0 Å². The Kier molecular flexibility index (Phi) is 12.2. The Morgan fingerprint density at radius 2 is 0.928 bits per heavy atom. The van der Waals surface area contributed by atoms with Gasteiger partial charge in [0, 0.05) is 61.6 Å². The number of allylic oxidation sites excluding steroid dienone is 6. The maximum atomic E-state index is 2.59. The normalized spacial score (nSPS) is 18.8. The van der Waals surface area contributed by atoms with Crippen LogP contribution in [0.15, 0.2) is 351 Å². The molecule has 20 rings (SSSR count). The molecule has 0 N–H and O–H groups in total. The molecule has 13 aromatic carbocycles. The van der Waals surface area contributed by atoms with E-state index in [0.29, 0.717) is 5.92 Å². The number of hydrogen-bond donors (Lipinski definition) is 0. The van der Waals surface area contributed by atoms with Crippen molar-refractivity contribution in [2.75, 3.05) is 9.80 Å². The van der Waals surface area contributed by atoms with Gasteiger partial charge in [-0.25, -0.2) is 0 Å². The number of fused-ring (bicyclic) bond motifs is 17. The van der Waals surface area contributed by atoms with E-state index in [1.807, 2.05) is 0 Å². The zero-order chi connectivity index (χ0) is 64.1. The summed E-state index contributed by atoms with van der Waals surface area (Å²) in [5.74, 6) is 0.448. The van der Waals surface area contributed by atoms with Gasteiger partial charge in [-0.2, -0.15) is 0 Å². The Morgan fingerprint density at radius 1 is 0.381 bits per heavy atom. The third kappa shape index (κ3) is 8.05. The standard InChI is InChI=1S/C93H66N4/c1-60-46-52-82-89(55-60)96(69-29-20-28-68(59-69)95-83-40-13-7-32-72(83)73-33-8-14-41-84(73)95)87-44-17-12-39-81(87)93(82)79-38-11-6-31-71(79)78-58-66(49-53-80(78)93)64-26-18-25-63(56-64)62-47-50-67(51-48-62)94-85-42-15-9-34-76(85)90-74(36-21-45-88(90)94)75-37-22-54-92(2)91(75)77-35-10-16-43-86(77)97(92)70-30-19-27-65(57-70)61-23-4-3-5-24-61/h3-54,56-60,91H,55H2,1-2H3/t60-,91?,92?,93?/m1/s1. The van der Waals surface area contributed by atoms with Gasteiger partial charge in [0.25, 0.3) is 0 Å². The second-order valence-electron chi connectivity index (χ2n) is 27.3. The fourth-order valence-corrected chi connectivity index (χ4v) is 18.1. The Bertz CT molecular complexity index is 5880. The van der Waals surface area contributed by atoms with Gasteiger partial charge < -0.3 is 18.9 Å². The van der Waals surface area contributed by atoms with E-state index in [1.165, 1.54) is 150 Å². The summed E-state index contributed by atoms with van der Waals surface area (Å²) in [5, 5.41) is 5.05. The van der Waals surface area contributed by atoms with Crippen LogP contribution in [-0.2, 0) is 5.41 Å². The van der Waals surface area contributed by atoms with E-state index in [0.717, 1.165) is 23.5 Å². The van der Waals surface area contributed by atoms with Crippen LogP contribution < -0.4 is 9.80 Å². The molecule has 0 saturated carbocycles. The predicted molar refractivity (Wildman–Crippen MR) is 405 cm³/mol. The largest absolute Gasteiger partial charge is 0.331 e. The zero-order valence-corrected chi connectivity index (χ0v) is 54.0. The van der Waals surface area contributed by atoms with Crippen molar-refractivity contribution in [2.24, 2.45) is 5.92 Å². The first-order valence-corrected chi connectivity index (χ1v) is 34.2. The van der Waals surface area contributed by atoms with Crippen molar-refractivity contribution in [1.29, 1.82) is 0 Å². The van der Waals surface area contributed by atoms with Crippen LogP contribution in [0.1, 0.15) is 54.0 Å². The highest BCUT2D eigenvalue weighted by Gasteiger charge is 2.54. The van der Waals surface area contributed by atoms with Crippen molar-refractivity contribution < 1.29 is 0 Å². The summed E-state index contributed by atoms with van der Waals surface area (Å²) in [5.41, 5.74) is 31.4. The van der Waals surface area contributed by atoms with Crippen LogP contribution in [0, 0.1) is 5.92 Å². The van der Waals surface area contributed by atoms with Crippen LogP contribution in [0.3, 0.4) is 0 Å². The Balaban J connectivity index is 0.652. The fourth-order valence-electron chi connectivity index (χ4n) is 18.1. The molecule has 4 heterocycles. The Labute approximate surface area is 565 Å². The molecule has 4 atom stereocenters. The number of nitrogens with zero attached hydrogens (tertiary/aromatic N) is 4. The summed E-state index contributed by atoms with van der Waals surface area (Å²) in [7, 11) is 0. The van der Waals surface area contributed by atoms with Crippen LogP contribution in [0.25, 0.3) is 105 Å². The third-order valence-electron chi connectivity index (χ3n) is 22.1. The highest BCUT2D eigenvalue weighted by Crippen LogP contribution is 2.64. The van der Waals surface area contributed by atoms with Crippen LogP contribution >= 0.6 is 0 Å². The molecule has 0 amide bonds. The number of anilines is 4. The lowest BCUT2D eigenvalue weighted by atomic mass is 9.62. The van der Waals surface area contributed by atoms with Gasteiger partial charge in [0.15, 0.2) is 0 Å². The summed E-state index contributed by atoms with van der Waals surface area (Å²) < 4.78 is 4.92. The molecule has 4 nitrogen and oxygen atoms in total. The third-order valence-corrected chi connectivity index (χ3v) is 22.1. The summed E-state index contributed by atoms with van der Waals surface area (Å²) in [6.45, 7) is 4.79. The van der Waals surface area contributed by atoms with Gasteiger partial charge in [-0.1, -0.05) is 256 Å². The van der Waals surface area contributed by atoms with Gasteiger partial charge in [-0.05, 0) is 194 Å². The molecule has 2 aromatic heterocycles. The van der Waals surface area contributed by atoms with E-state index in [9.17, 15) is 0 Å². The zero-order valence-electron chi connectivity index (χ0n) is 54.0. The Hall–Kier alpha value is -12.0. The molecule has 2 aliphatic heterocycles. The highest BCUT2D eigenvalue weighted by atomic mass is 15.2. The van der Waals surface area contributed by atoms with E-state index in [1.54, 1.807) is 0 Å². The number of hydrogen-bond acceptors (Lipinski definition) is 2. The first-order chi connectivity index (χ1) is 47.9. The van der Waals surface area contributed by atoms with Crippen molar-refractivity contribution >= 4 is 71.9 Å². The summed E-state index contributed by atoms with van der Waals surface area (Å²) in [4.78, 5) is 5.18. The van der Waals surface area contributed by atoms with Crippen LogP contribution in [-0.4, -0.2) is 14.7 Å². The molecule has 0 bridgehead atoms. The molecule has 0 saturated heterocycles. The summed E-state index contributed by atoms with van der Waals surface area (Å²) in [6, 6.07) is 116. The van der Waals surface area contributed by atoms with E-state index >= 15 is 0 Å². The average molecular weight is 1240 g/mol. The quantitative estimate of drug-likeness (QED) is 0.151. The molecule has 5 aliphatic rings. The molecule has 458 valence electrons. The van der Waals surface area contributed by atoms with Crippen LogP contribution in [0.5, 0.6) is 0 Å². The topological polar surface area (TPSA) is 16.3 Å². The maximum absolute atomic E-state index is 2.59. The lowest BCUT2D eigenvalue weighted by Crippen LogP contribution is -2.43. The lowest BCUT2D eigenvalue weighted by molar-refractivity contribution is 0.552. The second-order valence-corrected chi connectivity index (χ2v) is 27.3. The average Bonchev–Trinajstić information content (AvgIpc) is 1.59. The van der Waals surface area contributed by atoms with Crippen molar-refractivity contribution in [3.63, 3.8) is 0 Å². The fraction of sp³-hybridized carbons (Fsp3) is 0.0753. The van der Waals surface area contributed by atoms with Crippen LogP contribution in [0.4, 0.5) is 22.7 Å². The minimum atomic E-state index is -0.525. The minimum absolute atomic E-state index is 0.0843. The van der Waals surface area contributed by atoms with Gasteiger partial charge in [-0.3, -0.25) is 0 Å². The highest BCUT2D eigenvalue weighted by molar-refractivity contribution is 6.15. The van der Waals surface area contributed by atoms with Crippen molar-refractivity contribution in [1.82, 2.24) is 9.13 Å². The molecule has 0 fully saturated rings. The van der Waals surface area contributed by atoms with Gasteiger partial charge >= 0.3 is 0 Å². The number of rotatable bonds is 8. The smallest absolute Gasteiger partial charge is 0.0750 e. The molecule has 3 unspecified atom stereocenters. The maximum Gasteiger partial charge on any atom is 0.0750 e. The number of aromatic nitrogens is 2. The van der Waals surface area contributed by atoms with Gasteiger partial charge in [0.05, 0.1) is 38.7 Å². The summed E-state index contributed by atoms with van der Waals surface area (Å²) >= 11 is 0.